The number of halogens is 1. The van der Waals surface area contributed by atoms with Crippen LogP contribution in [0.15, 0.2) is 28.7 Å². The lowest BCUT2D eigenvalue weighted by Gasteiger charge is -2.49. The minimum Gasteiger partial charge on any atom is -0.370 e. The molecule has 0 bridgehead atoms. The van der Waals surface area contributed by atoms with Crippen LogP contribution in [-0.4, -0.2) is 13.1 Å². The summed E-state index contributed by atoms with van der Waals surface area (Å²) in [6, 6.07) is 8.70. The van der Waals surface area contributed by atoms with Gasteiger partial charge in [0.15, 0.2) is 0 Å². The zero-order valence-corrected chi connectivity index (χ0v) is 10.5. The highest BCUT2D eigenvalue weighted by Crippen LogP contribution is 2.46. The molecule has 15 heavy (non-hydrogen) atoms. The van der Waals surface area contributed by atoms with E-state index in [4.69, 9.17) is 0 Å². The van der Waals surface area contributed by atoms with Crippen LogP contribution in [0.2, 0.25) is 0 Å². The lowest BCUT2D eigenvalue weighted by Crippen LogP contribution is -2.55. The van der Waals surface area contributed by atoms with Crippen LogP contribution in [0.1, 0.15) is 25.7 Å². The molecule has 2 fully saturated rings. The summed E-state index contributed by atoms with van der Waals surface area (Å²) in [6.07, 6.45) is 5.82. The molecule has 3 rings (SSSR count). The van der Waals surface area contributed by atoms with E-state index in [2.05, 4.69) is 45.1 Å². The van der Waals surface area contributed by atoms with Gasteiger partial charge in [-0.05, 0) is 37.1 Å². The summed E-state index contributed by atoms with van der Waals surface area (Å²) in [5, 5.41) is 0. The summed E-state index contributed by atoms with van der Waals surface area (Å²) >= 11 is 3.48. The van der Waals surface area contributed by atoms with E-state index in [0.717, 1.165) is 0 Å². The van der Waals surface area contributed by atoms with E-state index in [1.54, 1.807) is 0 Å². The molecule has 2 aliphatic rings. The molecule has 0 N–H and O–H groups in total. The minimum absolute atomic E-state index is 0.701. The Morgan fingerprint density at radius 3 is 2.20 bits per heavy atom. The van der Waals surface area contributed by atoms with Crippen LogP contribution in [0.3, 0.4) is 0 Å². The first kappa shape index (κ1) is 9.71. The Kier molecular flexibility index (Phi) is 2.27. The van der Waals surface area contributed by atoms with Crippen LogP contribution in [-0.2, 0) is 0 Å². The smallest absolute Gasteiger partial charge is 0.0367 e. The molecule has 1 saturated carbocycles. The third kappa shape index (κ3) is 1.69. The van der Waals surface area contributed by atoms with Crippen molar-refractivity contribution in [3.05, 3.63) is 28.7 Å². The van der Waals surface area contributed by atoms with E-state index in [1.165, 1.54) is 48.9 Å². The number of rotatable bonds is 1. The standard InChI is InChI=1S/C13H16BrN/c14-11-3-5-12(6-4-11)15-9-13(10-15)7-1-2-8-13/h3-6H,1-2,7-10H2. The monoisotopic (exact) mass is 265 g/mol. The Labute approximate surface area is 99.6 Å². The van der Waals surface area contributed by atoms with Gasteiger partial charge in [-0.2, -0.15) is 0 Å². The zero-order chi connectivity index (χ0) is 10.3. The van der Waals surface area contributed by atoms with Gasteiger partial charge in [0.25, 0.3) is 0 Å². The second-order valence-corrected chi connectivity index (χ2v) is 5.96. The van der Waals surface area contributed by atoms with Crippen molar-refractivity contribution in [3.8, 4) is 0 Å². The van der Waals surface area contributed by atoms with E-state index in [0.29, 0.717) is 5.41 Å². The lowest BCUT2D eigenvalue weighted by atomic mass is 9.78. The fraction of sp³-hybridized carbons (Fsp3) is 0.538. The van der Waals surface area contributed by atoms with Gasteiger partial charge in [0.1, 0.15) is 0 Å². The first-order chi connectivity index (χ1) is 7.27. The maximum Gasteiger partial charge on any atom is 0.0367 e. The zero-order valence-electron chi connectivity index (χ0n) is 8.88. The van der Waals surface area contributed by atoms with Crippen LogP contribution in [0.5, 0.6) is 0 Å². The molecule has 0 atom stereocenters. The number of hydrogen-bond donors (Lipinski definition) is 0. The molecule has 80 valence electrons. The SMILES string of the molecule is Brc1ccc(N2CC3(CCCC3)C2)cc1. The van der Waals surface area contributed by atoms with Gasteiger partial charge < -0.3 is 4.90 Å². The maximum absolute atomic E-state index is 3.48. The molecule has 1 aliphatic heterocycles. The van der Waals surface area contributed by atoms with Crippen molar-refractivity contribution in [2.45, 2.75) is 25.7 Å². The van der Waals surface area contributed by atoms with Crippen LogP contribution in [0.25, 0.3) is 0 Å². The fourth-order valence-corrected chi connectivity index (χ4v) is 3.30. The van der Waals surface area contributed by atoms with E-state index in [-0.39, 0.29) is 0 Å². The Morgan fingerprint density at radius 1 is 1.00 bits per heavy atom. The highest BCUT2D eigenvalue weighted by Gasteiger charge is 2.44. The topological polar surface area (TPSA) is 3.24 Å². The first-order valence-corrected chi connectivity index (χ1v) is 6.57. The molecule has 0 amide bonds. The molecule has 1 aliphatic carbocycles. The molecule has 1 aromatic rings. The molecule has 1 saturated heterocycles. The Balaban J connectivity index is 1.69. The number of anilines is 1. The van der Waals surface area contributed by atoms with Crippen molar-refractivity contribution < 1.29 is 0 Å². The van der Waals surface area contributed by atoms with Crippen molar-refractivity contribution in [2.75, 3.05) is 18.0 Å². The van der Waals surface area contributed by atoms with Crippen molar-refractivity contribution in [1.82, 2.24) is 0 Å². The van der Waals surface area contributed by atoms with E-state index in [9.17, 15) is 0 Å². The first-order valence-electron chi connectivity index (χ1n) is 5.78. The predicted octanol–water partition coefficient (Wildman–Crippen LogP) is 3.83. The summed E-state index contributed by atoms with van der Waals surface area (Å²) in [5.74, 6) is 0. The van der Waals surface area contributed by atoms with E-state index in [1.807, 2.05) is 0 Å². The normalized spacial score (nSPS) is 23.1. The number of benzene rings is 1. The van der Waals surface area contributed by atoms with Gasteiger partial charge >= 0.3 is 0 Å². The molecule has 2 heteroatoms. The fourth-order valence-electron chi connectivity index (χ4n) is 3.04. The minimum atomic E-state index is 0.701. The highest BCUT2D eigenvalue weighted by molar-refractivity contribution is 9.10. The third-order valence-electron chi connectivity index (χ3n) is 3.91. The second-order valence-electron chi connectivity index (χ2n) is 5.04. The average molecular weight is 266 g/mol. The molecular formula is C13H16BrN. The van der Waals surface area contributed by atoms with E-state index < -0.39 is 0 Å². The van der Waals surface area contributed by atoms with Gasteiger partial charge in [0.2, 0.25) is 0 Å². The Hall–Kier alpha value is -0.500. The number of hydrogen-bond acceptors (Lipinski definition) is 1. The summed E-state index contributed by atoms with van der Waals surface area (Å²) in [4.78, 5) is 2.51. The van der Waals surface area contributed by atoms with Crippen molar-refractivity contribution >= 4 is 21.6 Å². The van der Waals surface area contributed by atoms with Crippen molar-refractivity contribution in [2.24, 2.45) is 5.41 Å². The van der Waals surface area contributed by atoms with Gasteiger partial charge in [-0.25, -0.2) is 0 Å². The van der Waals surface area contributed by atoms with Crippen molar-refractivity contribution in [3.63, 3.8) is 0 Å². The summed E-state index contributed by atoms with van der Waals surface area (Å²) in [6.45, 7) is 2.57. The molecule has 1 aromatic carbocycles. The van der Waals surface area contributed by atoms with Gasteiger partial charge in [0.05, 0.1) is 0 Å². The molecule has 0 radical (unpaired) electrons. The molecule has 1 heterocycles. The van der Waals surface area contributed by atoms with Gasteiger partial charge in [-0.15, -0.1) is 0 Å². The van der Waals surface area contributed by atoms with Gasteiger partial charge in [-0.1, -0.05) is 28.8 Å². The van der Waals surface area contributed by atoms with Crippen LogP contribution < -0.4 is 4.90 Å². The highest BCUT2D eigenvalue weighted by atomic mass is 79.9. The van der Waals surface area contributed by atoms with Crippen LogP contribution in [0, 0.1) is 5.41 Å². The van der Waals surface area contributed by atoms with Crippen LogP contribution in [0.4, 0.5) is 5.69 Å². The van der Waals surface area contributed by atoms with Crippen LogP contribution >= 0.6 is 15.9 Å². The van der Waals surface area contributed by atoms with Crippen molar-refractivity contribution in [1.29, 1.82) is 0 Å². The summed E-state index contributed by atoms with van der Waals surface area (Å²) in [5.41, 5.74) is 2.09. The molecule has 0 aromatic heterocycles. The Bertz CT molecular complexity index is 343. The lowest BCUT2D eigenvalue weighted by molar-refractivity contribution is 0.222. The summed E-state index contributed by atoms with van der Waals surface area (Å²) < 4.78 is 1.17. The third-order valence-corrected chi connectivity index (χ3v) is 4.44. The second kappa shape index (κ2) is 3.51. The molecule has 0 unspecified atom stereocenters. The predicted molar refractivity (Wildman–Crippen MR) is 67.3 cm³/mol. The summed E-state index contributed by atoms with van der Waals surface area (Å²) in [7, 11) is 0. The maximum atomic E-state index is 3.48. The Morgan fingerprint density at radius 2 is 1.60 bits per heavy atom. The largest absolute Gasteiger partial charge is 0.370 e. The van der Waals surface area contributed by atoms with E-state index >= 15 is 0 Å². The molecule has 1 nitrogen and oxygen atoms in total. The van der Waals surface area contributed by atoms with Gasteiger partial charge in [0, 0.05) is 28.7 Å². The average Bonchev–Trinajstić information content (AvgIpc) is 2.66. The quantitative estimate of drug-likeness (QED) is 0.746. The molecular weight excluding hydrogens is 250 g/mol. The number of nitrogens with zero attached hydrogens (tertiary/aromatic N) is 1. The van der Waals surface area contributed by atoms with Gasteiger partial charge in [-0.3, -0.25) is 0 Å². The molecule has 1 spiro atoms.